The Bertz CT molecular complexity index is 493. The molecule has 96 valence electrons. The maximum Gasteiger partial charge on any atom is 0.147 e. The van der Waals surface area contributed by atoms with Crippen LogP contribution in [-0.2, 0) is 0 Å². The molecule has 0 amide bonds. The molecule has 0 atom stereocenters. The largest absolute Gasteiger partial charge is 0.382 e. The molecule has 3 N–H and O–H groups in total. The normalized spacial score (nSPS) is 10.8. The first kappa shape index (κ1) is 12.9. The van der Waals surface area contributed by atoms with E-state index in [1.807, 2.05) is 18.2 Å². The van der Waals surface area contributed by atoms with Crippen LogP contribution in [0.5, 0.6) is 0 Å². The molecule has 0 fully saturated rings. The Kier molecular flexibility index (Phi) is 4.17. The Morgan fingerprint density at radius 3 is 2.67 bits per heavy atom. The molecule has 0 radical (unpaired) electrons. The van der Waals surface area contributed by atoms with E-state index >= 15 is 0 Å². The van der Waals surface area contributed by atoms with Crippen molar-refractivity contribution in [1.82, 2.24) is 9.27 Å². The maximum atomic E-state index is 5.95. The molecule has 0 bridgehead atoms. The van der Waals surface area contributed by atoms with Crippen LogP contribution in [0.3, 0.4) is 0 Å². The van der Waals surface area contributed by atoms with Crippen molar-refractivity contribution in [3.05, 3.63) is 30.3 Å². The number of nitrogens with zero attached hydrogens (tertiary/aromatic N) is 2. The molecule has 0 unspecified atom stereocenters. The maximum absolute atomic E-state index is 5.95. The third-order valence-electron chi connectivity index (χ3n) is 2.63. The van der Waals surface area contributed by atoms with Gasteiger partial charge in [-0.2, -0.15) is 4.37 Å². The van der Waals surface area contributed by atoms with Gasteiger partial charge >= 0.3 is 0 Å². The summed E-state index contributed by atoms with van der Waals surface area (Å²) in [7, 11) is 4.11. The Morgan fingerprint density at radius 2 is 2.00 bits per heavy atom. The zero-order valence-corrected chi connectivity index (χ0v) is 11.5. The highest BCUT2D eigenvalue weighted by molar-refractivity contribution is 7.11. The standard InChI is InChI=1S/C13H18N4S/c1-17(2)9-8-15-13-11(12(14)16-18-13)10-6-4-3-5-7-10/h3-7,15H,8-9H2,1-2H3,(H2,14,16). The van der Waals surface area contributed by atoms with Crippen LogP contribution in [0.25, 0.3) is 11.1 Å². The smallest absolute Gasteiger partial charge is 0.147 e. The minimum Gasteiger partial charge on any atom is -0.382 e. The molecule has 5 heteroatoms. The van der Waals surface area contributed by atoms with E-state index in [4.69, 9.17) is 5.73 Å². The quantitative estimate of drug-likeness (QED) is 0.868. The number of nitrogens with one attached hydrogen (secondary N) is 1. The predicted molar refractivity (Wildman–Crippen MR) is 79.0 cm³/mol. The molecule has 0 spiro atoms. The monoisotopic (exact) mass is 262 g/mol. The summed E-state index contributed by atoms with van der Waals surface area (Å²) >= 11 is 1.42. The van der Waals surface area contributed by atoms with Gasteiger partial charge in [0, 0.05) is 13.1 Å². The summed E-state index contributed by atoms with van der Waals surface area (Å²) in [6.07, 6.45) is 0. The molecule has 1 heterocycles. The predicted octanol–water partition coefficient (Wildman–Crippen LogP) is 2.37. The van der Waals surface area contributed by atoms with E-state index in [1.54, 1.807) is 0 Å². The van der Waals surface area contributed by atoms with Crippen molar-refractivity contribution in [1.29, 1.82) is 0 Å². The van der Waals surface area contributed by atoms with Gasteiger partial charge in [0.2, 0.25) is 0 Å². The van der Waals surface area contributed by atoms with Crippen LogP contribution in [0, 0.1) is 0 Å². The molecule has 0 aliphatic rings. The van der Waals surface area contributed by atoms with E-state index in [0.717, 1.165) is 29.2 Å². The molecule has 0 saturated heterocycles. The lowest BCUT2D eigenvalue weighted by Gasteiger charge is -2.11. The van der Waals surface area contributed by atoms with Gasteiger partial charge in [-0.1, -0.05) is 30.3 Å². The molecular weight excluding hydrogens is 244 g/mol. The van der Waals surface area contributed by atoms with Gasteiger partial charge in [0.15, 0.2) is 0 Å². The Balaban J connectivity index is 2.17. The lowest BCUT2D eigenvalue weighted by molar-refractivity contribution is 0.425. The van der Waals surface area contributed by atoms with E-state index in [-0.39, 0.29) is 0 Å². The number of hydrogen-bond donors (Lipinski definition) is 2. The van der Waals surface area contributed by atoms with Crippen molar-refractivity contribution >= 4 is 22.4 Å². The SMILES string of the molecule is CN(C)CCNc1snc(N)c1-c1ccccc1. The molecule has 0 saturated carbocycles. The van der Waals surface area contributed by atoms with E-state index in [9.17, 15) is 0 Å². The lowest BCUT2D eigenvalue weighted by atomic mass is 10.1. The average molecular weight is 262 g/mol. The Labute approximate surface area is 112 Å². The number of rotatable bonds is 5. The van der Waals surface area contributed by atoms with Gasteiger partial charge in [-0.25, -0.2) is 0 Å². The topological polar surface area (TPSA) is 54.2 Å². The first-order valence-corrected chi connectivity index (χ1v) is 6.65. The van der Waals surface area contributed by atoms with Gasteiger partial charge in [-0.3, -0.25) is 0 Å². The summed E-state index contributed by atoms with van der Waals surface area (Å²) < 4.78 is 4.23. The first-order chi connectivity index (χ1) is 8.68. The summed E-state index contributed by atoms with van der Waals surface area (Å²) in [4.78, 5) is 2.14. The first-order valence-electron chi connectivity index (χ1n) is 5.87. The van der Waals surface area contributed by atoms with Crippen molar-refractivity contribution in [3.8, 4) is 11.1 Å². The molecular formula is C13H18N4S. The van der Waals surface area contributed by atoms with Crippen molar-refractivity contribution < 1.29 is 0 Å². The number of nitrogen functional groups attached to an aromatic ring is 1. The molecule has 2 aromatic rings. The highest BCUT2D eigenvalue weighted by atomic mass is 32.1. The zero-order chi connectivity index (χ0) is 13.0. The molecule has 4 nitrogen and oxygen atoms in total. The number of aromatic nitrogens is 1. The van der Waals surface area contributed by atoms with E-state index in [2.05, 4.69) is 40.8 Å². The van der Waals surface area contributed by atoms with Gasteiger partial charge in [0.25, 0.3) is 0 Å². The second-order valence-electron chi connectivity index (χ2n) is 4.37. The van der Waals surface area contributed by atoms with Crippen LogP contribution in [-0.4, -0.2) is 36.5 Å². The lowest BCUT2D eigenvalue weighted by Crippen LogP contribution is -2.20. The molecule has 1 aromatic carbocycles. The third kappa shape index (κ3) is 3.00. The average Bonchev–Trinajstić information content (AvgIpc) is 2.71. The van der Waals surface area contributed by atoms with Crippen LogP contribution >= 0.6 is 11.5 Å². The number of benzene rings is 1. The Hall–Kier alpha value is -1.59. The van der Waals surface area contributed by atoms with Crippen LogP contribution in [0.15, 0.2) is 30.3 Å². The third-order valence-corrected chi connectivity index (χ3v) is 3.44. The summed E-state index contributed by atoms with van der Waals surface area (Å²) in [5.41, 5.74) is 8.07. The summed E-state index contributed by atoms with van der Waals surface area (Å²) in [5, 5.41) is 4.44. The second-order valence-corrected chi connectivity index (χ2v) is 5.14. The Morgan fingerprint density at radius 1 is 1.28 bits per heavy atom. The van der Waals surface area contributed by atoms with Gasteiger partial charge in [0.1, 0.15) is 10.8 Å². The minimum atomic E-state index is 0.596. The summed E-state index contributed by atoms with van der Waals surface area (Å²) in [6, 6.07) is 10.1. The molecule has 2 rings (SSSR count). The van der Waals surface area contributed by atoms with E-state index in [1.165, 1.54) is 11.5 Å². The molecule has 0 aliphatic heterocycles. The molecule has 0 aliphatic carbocycles. The summed E-state index contributed by atoms with van der Waals surface area (Å²) in [5.74, 6) is 0.596. The molecule has 18 heavy (non-hydrogen) atoms. The van der Waals surface area contributed by atoms with Gasteiger partial charge in [-0.05, 0) is 31.2 Å². The fraction of sp³-hybridized carbons (Fsp3) is 0.308. The number of hydrogen-bond acceptors (Lipinski definition) is 5. The fourth-order valence-electron chi connectivity index (χ4n) is 1.70. The number of anilines is 2. The highest BCUT2D eigenvalue weighted by Crippen LogP contribution is 2.36. The van der Waals surface area contributed by atoms with Crippen molar-refractivity contribution in [2.75, 3.05) is 38.2 Å². The zero-order valence-electron chi connectivity index (χ0n) is 10.7. The van der Waals surface area contributed by atoms with Crippen LogP contribution in [0.1, 0.15) is 0 Å². The van der Waals surface area contributed by atoms with Gasteiger partial charge < -0.3 is 16.0 Å². The highest BCUT2D eigenvalue weighted by Gasteiger charge is 2.12. The van der Waals surface area contributed by atoms with Crippen molar-refractivity contribution in [2.45, 2.75) is 0 Å². The van der Waals surface area contributed by atoms with Crippen LogP contribution in [0.4, 0.5) is 10.8 Å². The van der Waals surface area contributed by atoms with Crippen LogP contribution in [0.2, 0.25) is 0 Å². The molecule has 1 aromatic heterocycles. The summed E-state index contributed by atoms with van der Waals surface area (Å²) in [6.45, 7) is 1.86. The minimum absolute atomic E-state index is 0.596. The van der Waals surface area contributed by atoms with E-state index in [0.29, 0.717) is 5.82 Å². The number of nitrogens with two attached hydrogens (primary N) is 1. The van der Waals surface area contributed by atoms with Crippen LogP contribution < -0.4 is 11.1 Å². The van der Waals surface area contributed by atoms with Gasteiger partial charge in [-0.15, -0.1) is 0 Å². The number of likely N-dealkylation sites (N-methyl/N-ethyl adjacent to an activating group) is 1. The van der Waals surface area contributed by atoms with E-state index < -0.39 is 0 Å². The van der Waals surface area contributed by atoms with Crippen molar-refractivity contribution in [3.63, 3.8) is 0 Å². The van der Waals surface area contributed by atoms with Gasteiger partial charge in [0.05, 0.1) is 5.56 Å². The fourth-order valence-corrected chi connectivity index (χ4v) is 2.46. The second kappa shape index (κ2) is 5.84. The van der Waals surface area contributed by atoms with Crippen molar-refractivity contribution in [2.24, 2.45) is 0 Å².